The number of nitrogens with zero attached hydrogens (tertiary/aromatic N) is 1. The molecule has 4 rings (SSSR count). The summed E-state index contributed by atoms with van der Waals surface area (Å²) in [5, 5.41) is 0. The van der Waals surface area contributed by atoms with Crippen LogP contribution in [0.2, 0.25) is 0 Å². The summed E-state index contributed by atoms with van der Waals surface area (Å²) in [5.74, 6) is 0.195. The van der Waals surface area contributed by atoms with Gasteiger partial charge in [-0.2, -0.15) is 0 Å². The molecule has 3 nitrogen and oxygen atoms in total. The maximum atomic E-state index is 13.4. The van der Waals surface area contributed by atoms with Gasteiger partial charge in [0.1, 0.15) is 0 Å². The summed E-state index contributed by atoms with van der Waals surface area (Å²) < 4.78 is 28.4. The second-order valence-corrected chi connectivity index (χ2v) is 8.98. The number of aryl methyl sites for hydroxylation is 1. The number of allylic oxidation sites excluding steroid dienone is 1. The molecule has 0 radical (unpaired) electrons. The molecule has 0 aromatic heterocycles. The first-order chi connectivity index (χ1) is 13.6. The summed E-state index contributed by atoms with van der Waals surface area (Å²) in [4.78, 5) is 0.332. The number of benzene rings is 3. The van der Waals surface area contributed by atoms with Crippen molar-refractivity contribution < 1.29 is 8.42 Å². The Morgan fingerprint density at radius 3 is 2.07 bits per heavy atom. The molecule has 0 bridgehead atoms. The lowest BCUT2D eigenvalue weighted by Gasteiger charge is -2.33. The smallest absolute Gasteiger partial charge is 0.264 e. The van der Waals surface area contributed by atoms with E-state index in [1.54, 1.807) is 16.4 Å². The van der Waals surface area contributed by atoms with Crippen molar-refractivity contribution in [3.05, 3.63) is 108 Å². The minimum atomic E-state index is -3.62. The Morgan fingerprint density at radius 2 is 1.43 bits per heavy atom. The second kappa shape index (κ2) is 7.64. The molecule has 0 aliphatic carbocycles. The maximum Gasteiger partial charge on any atom is 0.264 e. The fourth-order valence-corrected chi connectivity index (χ4v) is 5.14. The summed E-state index contributed by atoms with van der Waals surface area (Å²) in [6.07, 6.45) is 2.85. The molecule has 0 spiro atoms. The molecule has 4 heteroatoms. The molecule has 1 aliphatic heterocycles. The van der Waals surface area contributed by atoms with E-state index in [9.17, 15) is 8.42 Å². The Labute approximate surface area is 167 Å². The topological polar surface area (TPSA) is 37.4 Å². The van der Waals surface area contributed by atoms with Crippen LogP contribution in [0.1, 0.15) is 29.0 Å². The molecule has 0 fully saturated rings. The van der Waals surface area contributed by atoms with Gasteiger partial charge in [0.25, 0.3) is 10.0 Å². The Bertz CT molecular complexity index is 1070. The summed E-state index contributed by atoms with van der Waals surface area (Å²) in [6.45, 7) is 2.41. The molecular formula is C24H23NO2S. The highest BCUT2D eigenvalue weighted by Gasteiger charge is 2.31. The summed E-state index contributed by atoms with van der Waals surface area (Å²) >= 11 is 0. The molecule has 142 valence electrons. The van der Waals surface area contributed by atoms with Crippen molar-refractivity contribution in [1.29, 1.82) is 0 Å². The van der Waals surface area contributed by atoms with E-state index in [-0.39, 0.29) is 5.92 Å². The minimum Gasteiger partial charge on any atom is -0.266 e. The number of hydrogen-bond acceptors (Lipinski definition) is 2. The number of rotatable bonds is 4. The van der Waals surface area contributed by atoms with E-state index in [2.05, 4.69) is 18.2 Å². The molecule has 1 aliphatic rings. The van der Waals surface area contributed by atoms with Crippen molar-refractivity contribution in [1.82, 2.24) is 4.31 Å². The van der Waals surface area contributed by atoms with Crippen LogP contribution in [0.25, 0.3) is 5.70 Å². The molecule has 3 aromatic rings. The van der Waals surface area contributed by atoms with E-state index in [0.717, 1.165) is 23.2 Å². The Morgan fingerprint density at radius 1 is 0.821 bits per heavy atom. The Balaban J connectivity index is 1.79. The predicted octanol–water partition coefficient (Wildman–Crippen LogP) is 5.21. The molecule has 1 heterocycles. The van der Waals surface area contributed by atoms with Gasteiger partial charge in [-0.15, -0.1) is 0 Å². The average molecular weight is 390 g/mol. The van der Waals surface area contributed by atoms with Crippen molar-refractivity contribution in [2.45, 2.75) is 24.2 Å². The third kappa shape index (κ3) is 3.60. The number of hydrogen-bond donors (Lipinski definition) is 0. The second-order valence-electron chi connectivity index (χ2n) is 7.11. The fourth-order valence-electron chi connectivity index (χ4n) is 3.63. The molecule has 3 aromatic carbocycles. The highest BCUT2D eigenvalue weighted by molar-refractivity contribution is 7.89. The van der Waals surface area contributed by atoms with Crippen LogP contribution in [0.3, 0.4) is 0 Å². The Hall–Kier alpha value is -2.85. The summed E-state index contributed by atoms with van der Waals surface area (Å²) in [5.41, 5.74) is 3.92. The van der Waals surface area contributed by atoms with Gasteiger partial charge in [-0.25, -0.2) is 8.42 Å². The van der Waals surface area contributed by atoms with Crippen LogP contribution >= 0.6 is 0 Å². The monoisotopic (exact) mass is 389 g/mol. The van der Waals surface area contributed by atoms with Gasteiger partial charge in [0.05, 0.1) is 10.6 Å². The first-order valence-corrected chi connectivity index (χ1v) is 10.9. The fraction of sp³-hybridized carbons (Fsp3) is 0.167. The third-order valence-electron chi connectivity index (χ3n) is 5.18. The molecule has 0 amide bonds. The van der Waals surface area contributed by atoms with E-state index < -0.39 is 10.0 Å². The van der Waals surface area contributed by atoms with Gasteiger partial charge in [0, 0.05) is 12.5 Å². The van der Waals surface area contributed by atoms with Crippen LogP contribution < -0.4 is 0 Å². The summed E-state index contributed by atoms with van der Waals surface area (Å²) in [6, 6.07) is 27.1. The molecule has 1 unspecified atom stereocenters. The molecule has 0 saturated heterocycles. The van der Waals surface area contributed by atoms with E-state index in [4.69, 9.17) is 0 Å². The first kappa shape index (κ1) is 18.5. The van der Waals surface area contributed by atoms with Crippen molar-refractivity contribution in [3.8, 4) is 0 Å². The zero-order chi connectivity index (χ0) is 19.6. The molecule has 0 N–H and O–H groups in total. The highest BCUT2D eigenvalue weighted by Crippen LogP contribution is 2.36. The zero-order valence-corrected chi connectivity index (χ0v) is 16.6. The maximum absolute atomic E-state index is 13.4. The number of sulfonamides is 1. The van der Waals surface area contributed by atoms with Crippen molar-refractivity contribution in [3.63, 3.8) is 0 Å². The molecular weight excluding hydrogens is 366 g/mol. The standard InChI is InChI=1S/C24H23NO2S/c1-19-12-14-23(15-13-19)28(26,27)25-17-16-22(20-8-4-2-5-9-20)18-24(25)21-10-6-3-7-11-21/h2-15,18,22H,16-17H2,1H3. The van der Waals surface area contributed by atoms with Gasteiger partial charge in [-0.3, -0.25) is 4.31 Å². The van der Waals surface area contributed by atoms with E-state index in [1.807, 2.05) is 67.6 Å². The van der Waals surface area contributed by atoms with Gasteiger partial charge in [0.2, 0.25) is 0 Å². The Kier molecular flexibility index (Phi) is 5.05. The predicted molar refractivity (Wildman–Crippen MR) is 113 cm³/mol. The van der Waals surface area contributed by atoms with Gasteiger partial charge in [0.15, 0.2) is 0 Å². The third-order valence-corrected chi connectivity index (χ3v) is 7.00. The zero-order valence-electron chi connectivity index (χ0n) is 15.8. The molecule has 0 saturated carbocycles. The highest BCUT2D eigenvalue weighted by atomic mass is 32.2. The SMILES string of the molecule is Cc1ccc(S(=O)(=O)N2CCC(c3ccccc3)C=C2c2ccccc2)cc1. The minimum absolute atomic E-state index is 0.195. The van der Waals surface area contributed by atoms with Crippen LogP contribution in [0, 0.1) is 6.92 Å². The van der Waals surface area contributed by atoms with Gasteiger partial charge in [-0.05, 0) is 36.6 Å². The largest absolute Gasteiger partial charge is 0.266 e. The van der Waals surface area contributed by atoms with Gasteiger partial charge < -0.3 is 0 Å². The molecule has 28 heavy (non-hydrogen) atoms. The first-order valence-electron chi connectivity index (χ1n) is 9.47. The van der Waals surface area contributed by atoms with E-state index in [0.29, 0.717) is 11.4 Å². The normalized spacial score (nSPS) is 17.2. The van der Waals surface area contributed by atoms with Gasteiger partial charge >= 0.3 is 0 Å². The van der Waals surface area contributed by atoms with E-state index in [1.165, 1.54) is 5.56 Å². The van der Waals surface area contributed by atoms with Crippen LogP contribution in [-0.2, 0) is 10.0 Å². The molecule has 1 atom stereocenters. The van der Waals surface area contributed by atoms with Gasteiger partial charge in [-0.1, -0.05) is 84.4 Å². The lowest BCUT2D eigenvalue weighted by Crippen LogP contribution is -2.34. The van der Waals surface area contributed by atoms with Crippen molar-refractivity contribution >= 4 is 15.7 Å². The van der Waals surface area contributed by atoms with Crippen LogP contribution in [-0.4, -0.2) is 19.3 Å². The summed E-state index contributed by atoms with van der Waals surface area (Å²) in [7, 11) is -3.62. The lowest BCUT2D eigenvalue weighted by molar-refractivity contribution is 0.476. The quantitative estimate of drug-likeness (QED) is 0.614. The average Bonchev–Trinajstić information content (AvgIpc) is 2.75. The van der Waals surface area contributed by atoms with Crippen molar-refractivity contribution in [2.24, 2.45) is 0 Å². The van der Waals surface area contributed by atoms with Crippen LogP contribution in [0.5, 0.6) is 0 Å². The van der Waals surface area contributed by atoms with Crippen LogP contribution in [0.4, 0.5) is 0 Å². The van der Waals surface area contributed by atoms with E-state index >= 15 is 0 Å². The lowest BCUT2D eigenvalue weighted by atomic mass is 9.91. The van der Waals surface area contributed by atoms with Crippen molar-refractivity contribution in [2.75, 3.05) is 6.54 Å². The van der Waals surface area contributed by atoms with Crippen LogP contribution in [0.15, 0.2) is 95.9 Å².